The fraction of sp³-hybridized carbons (Fsp3) is 0.400. The van der Waals surface area contributed by atoms with Gasteiger partial charge in [-0.2, -0.15) is 0 Å². The maximum Gasteiger partial charge on any atom is 0.311 e. The smallest absolute Gasteiger partial charge is 0.311 e. The Bertz CT molecular complexity index is 634. The number of nitrogens with zero attached hydrogens (tertiary/aromatic N) is 3. The summed E-state index contributed by atoms with van der Waals surface area (Å²) in [4.78, 5) is 14.1. The molecule has 0 saturated carbocycles. The minimum Gasteiger partial charge on any atom is -0.417 e. The predicted octanol–water partition coefficient (Wildman–Crippen LogP) is 2.39. The van der Waals surface area contributed by atoms with Crippen LogP contribution in [0.3, 0.4) is 0 Å². The van der Waals surface area contributed by atoms with E-state index >= 15 is 0 Å². The van der Waals surface area contributed by atoms with Crippen molar-refractivity contribution in [1.29, 1.82) is 0 Å². The van der Waals surface area contributed by atoms with Gasteiger partial charge in [-0.05, 0) is 17.5 Å². The number of carbonyl (C=O) groups is 1. The van der Waals surface area contributed by atoms with E-state index in [0.29, 0.717) is 19.0 Å². The Hall–Kier alpha value is -2.17. The fourth-order valence-electron chi connectivity index (χ4n) is 2.36. The molecule has 0 unspecified atom stereocenters. The largest absolute Gasteiger partial charge is 0.417 e. The molecule has 5 nitrogen and oxygen atoms in total. The summed E-state index contributed by atoms with van der Waals surface area (Å²) in [7, 11) is 0. The molecule has 0 saturated heterocycles. The van der Waals surface area contributed by atoms with E-state index in [-0.39, 0.29) is 17.7 Å². The zero-order valence-electron chi connectivity index (χ0n) is 11.7. The van der Waals surface area contributed by atoms with Gasteiger partial charge in [0.25, 0.3) is 0 Å². The Morgan fingerprint density at radius 1 is 1.25 bits per heavy atom. The lowest BCUT2D eigenvalue weighted by molar-refractivity contribution is 0.0692. The molecule has 0 bridgehead atoms. The molecule has 0 atom stereocenters. The number of hydrogen-bond acceptors (Lipinski definition) is 4. The third kappa shape index (κ3) is 2.31. The van der Waals surface area contributed by atoms with Crippen LogP contribution in [0.2, 0.25) is 0 Å². The first-order valence-corrected chi connectivity index (χ1v) is 6.84. The van der Waals surface area contributed by atoms with Crippen LogP contribution in [0, 0.1) is 0 Å². The lowest BCUT2D eigenvalue weighted by Crippen LogP contribution is -2.36. The van der Waals surface area contributed by atoms with Crippen molar-refractivity contribution in [3.05, 3.63) is 47.2 Å². The van der Waals surface area contributed by atoms with Gasteiger partial charge in [0, 0.05) is 19.0 Å². The summed E-state index contributed by atoms with van der Waals surface area (Å²) in [5.41, 5.74) is 2.50. The Balaban J connectivity index is 1.78. The first-order chi connectivity index (χ1) is 9.65. The summed E-state index contributed by atoms with van der Waals surface area (Å²) in [6.45, 7) is 5.21. The average Bonchev–Trinajstić information content (AvgIpc) is 2.96. The van der Waals surface area contributed by atoms with Crippen molar-refractivity contribution >= 4 is 5.91 Å². The first kappa shape index (κ1) is 12.8. The van der Waals surface area contributed by atoms with E-state index < -0.39 is 0 Å². The first-order valence-electron chi connectivity index (χ1n) is 6.84. The molecule has 104 valence electrons. The Labute approximate surface area is 117 Å². The lowest BCUT2D eigenvalue weighted by Gasteiger charge is -2.27. The van der Waals surface area contributed by atoms with Crippen LogP contribution < -0.4 is 0 Å². The topological polar surface area (TPSA) is 59.2 Å². The zero-order chi connectivity index (χ0) is 14.1. The summed E-state index contributed by atoms with van der Waals surface area (Å²) in [6.07, 6.45) is 0.868. The van der Waals surface area contributed by atoms with Crippen LogP contribution >= 0.6 is 0 Å². The Morgan fingerprint density at radius 2 is 2.00 bits per heavy atom. The summed E-state index contributed by atoms with van der Waals surface area (Å²) in [6, 6.07) is 8.20. The second-order valence-corrected chi connectivity index (χ2v) is 5.35. The van der Waals surface area contributed by atoms with E-state index in [4.69, 9.17) is 4.42 Å². The highest BCUT2D eigenvalue weighted by atomic mass is 16.4. The molecule has 0 aliphatic carbocycles. The van der Waals surface area contributed by atoms with E-state index in [9.17, 15) is 4.79 Å². The fourth-order valence-corrected chi connectivity index (χ4v) is 2.36. The molecule has 0 radical (unpaired) electrons. The molecule has 1 aromatic carbocycles. The van der Waals surface area contributed by atoms with Gasteiger partial charge in [-0.1, -0.05) is 38.1 Å². The van der Waals surface area contributed by atoms with E-state index in [1.54, 1.807) is 4.90 Å². The number of fused-ring (bicyclic) bond motifs is 1. The third-order valence-corrected chi connectivity index (χ3v) is 3.54. The van der Waals surface area contributed by atoms with Gasteiger partial charge in [0.1, 0.15) is 0 Å². The van der Waals surface area contributed by atoms with Crippen LogP contribution in [-0.2, 0) is 13.0 Å². The van der Waals surface area contributed by atoms with Gasteiger partial charge in [0.2, 0.25) is 5.89 Å². The second kappa shape index (κ2) is 5.07. The van der Waals surface area contributed by atoms with E-state index in [0.717, 1.165) is 6.42 Å². The Morgan fingerprint density at radius 3 is 2.70 bits per heavy atom. The van der Waals surface area contributed by atoms with E-state index in [2.05, 4.69) is 22.3 Å². The van der Waals surface area contributed by atoms with Gasteiger partial charge >= 0.3 is 11.8 Å². The van der Waals surface area contributed by atoms with Crippen molar-refractivity contribution in [2.24, 2.45) is 0 Å². The predicted molar refractivity (Wildman–Crippen MR) is 73.3 cm³/mol. The van der Waals surface area contributed by atoms with Crippen LogP contribution in [0.15, 0.2) is 28.7 Å². The minimum atomic E-state index is -0.182. The van der Waals surface area contributed by atoms with Crippen LogP contribution in [0.4, 0.5) is 0 Å². The highest BCUT2D eigenvalue weighted by Gasteiger charge is 2.26. The molecular weight excluding hydrogens is 254 g/mol. The van der Waals surface area contributed by atoms with Crippen molar-refractivity contribution in [2.45, 2.75) is 32.7 Å². The maximum absolute atomic E-state index is 12.4. The molecule has 3 rings (SSSR count). The number of aromatic nitrogens is 2. The molecule has 2 aromatic rings. The average molecular weight is 271 g/mol. The van der Waals surface area contributed by atoms with Crippen molar-refractivity contribution in [1.82, 2.24) is 15.1 Å². The highest BCUT2D eigenvalue weighted by Crippen LogP contribution is 2.20. The van der Waals surface area contributed by atoms with Crippen LogP contribution in [0.5, 0.6) is 0 Å². The molecule has 1 amide bonds. The van der Waals surface area contributed by atoms with Gasteiger partial charge in [-0.25, -0.2) is 0 Å². The van der Waals surface area contributed by atoms with Gasteiger partial charge in [0.05, 0.1) is 0 Å². The monoisotopic (exact) mass is 271 g/mol. The van der Waals surface area contributed by atoms with Crippen LogP contribution in [0.1, 0.15) is 47.5 Å². The summed E-state index contributed by atoms with van der Waals surface area (Å²) in [5, 5.41) is 7.77. The van der Waals surface area contributed by atoms with Crippen LogP contribution in [0.25, 0.3) is 0 Å². The molecule has 1 aliphatic rings. The standard InChI is InChI=1S/C15H17N3O2/c1-10(2)13-16-17-14(20-13)15(19)18-8-7-11-5-3-4-6-12(11)9-18/h3-6,10H,7-9H2,1-2H3. The molecule has 0 N–H and O–H groups in total. The number of amides is 1. The van der Waals surface area contributed by atoms with E-state index in [1.165, 1.54) is 11.1 Å². The number of carbonyl (C=O) groups excluding carboxylic acids is 1. The molecular formula is C15H17N3O2. The second-order valence-electron chi connectivity index (χ2n) is 5.35. The molecule has 20 heavy (non-hydrogen) atoms. The van der Waals surface area contributed by atoms with E-state index in [1.807, 2.05) is 26.0 Å². The normalized spacial score (nSPS) is 14.4. The van der Waals surface area contributed by atoms with Gasteiger partial charge < -0.3 is 9.32 Å². The molecule has 5 heteroatoms. The van der Waals surface area contributed by atoms with Gasteiger partial charge in [0.15, 0.2) is 0 Å². The van der Waals surface area contributed by atoms with Crippen molar-refractivity contribution < 1.29 is 9.21 Å². The van der Waals surface area contributed by atoms with Gasteiger partial charge in [-0.15, -0.1) is 10.2 Å². The number of benzene rings is 1. The third-order valence-electron chi connectivity index (χ3n) is 3.54. The van der Waals surface area contributed by atoms with Crippen molar-refractivity contribution in [2.75, 3.05) is 6.54 Å². The number of hydrogen-bond donors (Lipinski definition) is 0. The van der Waals surface area contributed by atoms with Crippen molar-refractivity contribution in [3.8, 4) is 0 Å². The summed E-state index contributed by atoms with van der Waals surface area (Å²) < 4.78 is 5.43. The molecule has 2 heterocycles. The van der Waals surface area contributed by atoms with Gasteiger partial charge in [-0.3, -0.25) is 4.79 Å². The zero-order valence-corrected chi connectivity index (χ0v) is 11.7. The van der Waals surface area contributed by atoms with Crippen molar-refractivity contribution in [3.63, 3.8) is 0 Å². The molecule has 0 fully saturated rings. The Kier molecular flexibility index (Phi) is 3.26. The molecule has 0 spiro atoms. The number of rotatable bonds is 2. The summed E-state index contributed by atoms with van der Waals surface area (Å²) in [5.74, 6) is 0.545. The highest BCUT2D eigenvalue weighted by molar-refractivity contribution is 5.89. The molecule has 1 aliphatic heterocycles. The summed E-state index contributed by atoms with van der Waals surface area (Å²) >= 11 is 0. The molecule has 1 aromatic heterocycles. The van der Waals surface area contributed by atoms with Crippen LogP contribution in [-0.4, -0.2) is 27.5 Å². The SMILES string of the molecule is CC(C)c1nnc(C(=O)N2CCc3ccccc3C2)o1. The minimum absolute atomic E-state index is 0.0908. The lowest BCUT2D eigenvalue weighted by atomic mass is 10.00. The maximum atomic E-state index is 12.4. The quantitative estimate of drug-likeness (QED) is 0.841.